The first kappa shape index (κ1) is 11.3. The molecular weight excluding hydrogens is 206 g/mol. The zero-order valence-electron chi connectivity index (χ0n) is 9.71. The summed E-state index contributed by atoms with van der Waals surface area (Å²) in [7, 11) is 0. The molecule has 0 aliphatic carbocycles. The van der Waals surface area contributed by atoms with Crippen LogP contribution in [-0.2, 0) is 6.54 Å². The van der Waals surface area contributed by atoms with Gasteiger partial charge in [0.1, 0.15) is 0 Å². The lowest BCUT2D eigenvalue weighted by molar-refractivity contribution is 0.240. The fraction of sp³-hybridized carbons (Fsp3) is 0.900. The highest BCUT2D eigenvalue weighted by atomic mass is 16.3. The van der Waals surface area contributed by atoms with Gasteiger partial charge in [0.25, 0.3) is 0 Å². The highest BCUT2D eigenvalue weighted by molar-refractivity contribution is 5.28. The molecule has 2 rings (SSSR count). The molecule has 6 nitrogen and oxygen atoms in total. The molecule has 0 bridgehead atoms. The second kappa shape index (κ2) is 5.25. The number of aryl methyl sites for hydroxylation is 1. The van der Waals surface area contributed by atoms with Crippen molar-refractivity contribution in [1.82, 2.24) is 20.2 Å². The van der Waals surface area contributed by atoms with Crippen molar-refractivity contribution in [2.24, 2.45) is 5.92 Å². The molecule has 0 amide bonds. The zero-order chi connectivity index (χ0) is 11.4. The highest BCUT2D eigenvalue weighted by Crippen LogP contribution is 2.23. The summed E-state index contributed by atoms with van der Waals surface area (Å²) in [4.78, 5) is 2.23. The number of piperidine rings is 1. The van der Waals surface area contributed by atoms with E-state index in [9.17, 15) is 0 Å². The number of nitrogens with zero attached hydrogens (tertiary/aromatic N) is 5. The maximum absolute atomic E-state index is 8.90. The second-order valence-corrected chi connectivity index (χ2v) is 4.24. The lowest BCUT2D eigenvalue weighted by atomic mass is 9.94. The van der Waals surface area contributed by atoms with E-state index in [1.165, 1.54) is 0 Å². The molecule has 0 aromatic carbocycles. The van der Waals surface area contributed by atoms with Crippen molar-refractivity contribution < 1.29 is 5.11 Å². The molecule has 0 radical (unpaired) electrons. The number of tetrazole rings is 1. The summed E-state index contributed by atoms with van der Waals surface area (Å²) < 4.78 is 1.83. The Morgan fingerprint density at radius 3 is 2.75 bits per heavy atom. The Morgan fingerprint density at radius 1 is 1.38 bits per heavy atom. The van der Waals surface area contributed by atoms with Gasteiger partial charge in [-0.2, -0.15) is 0 Å². The van der Waals surface area contributed by atoms with Crippen LogP contribution in [0.2, 0.25) is 0 Å². The molecule has 2 heterocycles. The molecule has 0 saturated carbocycles. The summed E-state index contributed by atoms with van der Waals surface area (Å²) >= 11 is 0. The molecular formula is C10H19N5O. The molecule has 1 aromatic heterocycles. The lowest BCUT2D eigenvalue weighted by Crippen LogP contribution is -2.35. The fourth-order valence-electron chi connectivity index (χ4n) is 2.24. The molecule has 1 N–H and O–H groups in total. The summed E-state index contributed by atoms with van der Waals surface area (Å²) in [5, 5.41) is 20.6. The smallest absolute Gasteiger partial charge is 0.245 e. The average molecular weight is 225 g/mol. The van der Waals surface area contributed by atoms with E-state index in [0.29, 0.717) is 12.5 Å². The van der Waals surface area contributed by atoms with Gasteiger partial charge >= 0.3 is 0 Å². The third-order valence-electron chi connectivity index (χ3n) is 3.25. The standard InChI is InChI=1S/C10H19N5O/c1-2-15-10(11-12-13-15)14-6-3-9(4-7-14)5-8-16/h9,16H,2-8H2,1H3. The van der Waals surface area contributed by atoms with Gasteiger partial charge in [0.2, 0.25) is 5.95 Å². The van der Waals surface area contributed by atoms with Crippen LogP contribution in [0.5, 0.6) is 0 Å². The van der Waals surface area contributed by atoms with Crippen molar-refractivity contribution in [2.75, 3.05) is 24.6 Å². The van der Waals surface area contributed by atoms with Gasteiger partial charge in [-0.05, 0) is 42.5 Å². The molecule has 1 aromatic rings. The molecule has 1 saturated heterocycles. The third kappa shape index (κ3) is 2.32. The van der Waals surface area contributed by atoms with Crippen molar-refractivity contribution in [3.05, 3.63) is 0 Å². The van der Waals surface area contributed by atoms with Gasteiger partial charge < -0.3 is 10.0 Å². The highest BCUT2D eigenvalue weighted by Gasteiger charge is 2.22. The fourth-order valence-corrected chi connectivity index (χ4v) is 2.24. The van der Waals surface area contributed by atoms with Crippen LogP contribution in [0.15, 0.2) is 0 Å². The van der Waals surface area contributed by atoms with Crippen LogP contribution in [-0.4, -0.2) is 45.0 Å². The van der Waals surface area contributed by atoms with Crippen molar-refractivity contribution in [3.8, 4) is 0 Å². The maximum atomic E-state index is 8.90. The Morgan fingerprint density at radius 2 is 2.12 bits per heavy atom. The van der Waals surface area contributed by atoms with E-state index in [4.69, 9.17) is 5.11 Å². The average Bonchev–Trinajstić information content (AvgIpc) is 2.78. The Balaban J connectivity index is 1.93. The number of anilines is 1. The topological polar surface area (TPSA) is 67.1 Å². The van der Waals surface area contributed by atoms with E-state index in [2.05, 4.69) is 20.4 Å². The summed E-state index contributed by atoms with van der Waals surface area (Å²) in [5.74, 6) is 1.54. The summed E-state index contributed by atoms with van der Waals surface area (Å²) in [6.45, 7) is 5.13. The van der Waals surface area contributed by atoms with E-state index >= 15 is 0 Å². The van der Waals surface area contributed by atoms with Gasteiger partial charge in [-0.1, -0.05) is 5.10 Å². The molecule has 1 fully saturated rings. The lowest BCUT2D eigenvalue weighted by Gasteiger charge is -2.31. The predicted octanol–water partition coefficient (Wildman–Crippen LogP) is 0.292. The Bertz CT molecular complexity index is 319. The minimum absolute atomic E-state index is 0.303. The first-order valence-electron chi connectivity index (χ1n) is 5.97. The largest absolute Gasteiger partial charge is 0.396 e. The number of hydrogen-bond donors (Lipinski definition) is 1. The molecule has 1 aliphatic rings. The van der Waals surface area contributed by atoms with Gasteiger partial charge in [0, 0.05) is 26.2 Å². The zero-order valence-corrected chi connectivity index (χ0v) is 9.71. The van der Waals surface area contributed by atoms with Gasteiger partial charge in [0.05, 0.1) is 0 Å². The monoisotopic (exact) mass is 225 g/mol. The number of aliphatic hydroxyl groups is 1. The summed E-state index contributed by atoms with van der Waals surface area (Å²) in [6.07, 6.45) is 3.17. The van der Waals surface area contributed by atoms with Crippen LogP contribution in [0.3, 0.4) is 0 Å². The van der Waals surface area contributed by atoms with Crippen LogP contribution in [0.25, 0.3) is 0 Å². The number of aromatic nitrogens is 4. The number of hydrogen-bond acceptors (Lipinski definition) is 5. The van der Waals surface area contributed by atoms with Crippen LogP contribution in [0.1, 0.15) is 26.2 Å². The van der Waals surface area contributed by atoms with Crippen LogP contribution in [0.4, 0.5) is 5.95 Å². The summed E-state index contributed by atoms with van der Waals surface area (Å²) in [5.41, 5.74) is 0. The van der Waals surface area contributed by atoms with E-state index in [0.717, 1.165) is 44.8 Å². The maximum Gasteiger partial charge on any atom is 0.245 e. The van der Waals surface area contributed by atoms with Crippen LogP contribution < -0.4 is 4.90 Å². The molecule has 0 spiro atoms. The van der Waals surface area contributed by atoms with E-state index in [-0.39, 0.29) is 0 Å². The van der Waals surface area contributed by atoms with E-state index in [1.54, 1.807) is 0 Å². The van der Waals surface area contributed by atoms with E-state index in [1.807, 2.05) is 11.6 Å². The molecule has 6 heteroatoms. The van der Waals surface area contributed by atoms with Gasteiger partial charge in [0.15, 0.2) is 0 Å². The van der Waals surface area contributed by atoms with Crippen LogP contribution >= 0.6 is 0 Å². The van der Waals surface area contributed by atoms with Crippen molar-refractivity contribution in [3.63, 3.8) is 0 Å². The Hall–Kier alpha value is -1.17. The summed E-state index contributed by atoms with van der Waals surface area (Å²) in [6, 6.07) is 0. The van der Waals surface area contributed by atoms with Crippen molar-refractivity contribution in [1.29, 1.82) is 0 Å². The molecule has 0 atom stereocenters. The Kier molecular flexibility index (Phi) is 3.71. The second-order valence-electron chi connectivity index (χ2n) is 4.24. The van der Waals surface area contributed by atoms with E-state index < -0.39 is 0 Å². The first-order chi connectivity index (χ1) is 7.85. The Labute approximate surface area is 95.2 Å². The minimum atomic E-state index is 0.303. The first-order valence-corrected chi connectivity index (χ1v) is 5.97. The third-order valence-corrected chi connectivity index (χ3v) is 3.25. The van der Waals surface area contributed by atoms with Gasteiger partial charge in [-0.15, -0.1) is 0 Å². The van der Waals surface area contributed by atoms with Crippen molar-refractivity contribution >= 4 is 5.95 Å². The molecule has 16 heavy (non-hydrogen) atoms. The molecule has 1 aliphatic heterocycles. The minimum Gasteiger partial charge on any atom is -0.396 e. The van der Waals surface area contributed by atoms with Gasteiger partial charge in [-0.3, -0.25) is 0 Å². The normalized spacial score (nSPS) is 18.0. The number of aliphatic hydroxyl groups excluding tert-OH is 1. The quantitative estimate of drug-likeness (QED) is 0.798. The number of rotatable bonds is 4. The van der Waals surface area contributed by atoms with Crippen LogP contribution in [0, 0.1) is 5.92 Å². The van der Waals surface area contributed by atoms with Gasteiger partial charge in [-0.25, -0.2) is 4.68 Å². The predicted molar refractivity (Wildman–Crippen MR) is 60.1 cm³/mol. The molecule has 0 unspecified atom stereocenters. The SMILES string of the molecule is CCn1nnnc1N1CCC(CCO)CC1. The molecule has 90 valence electrons. The van der Waals surface area contributed by atoms with Crippen molar-refractivity contribution in [2.45, 2.75) is 32.7 Å².